The van der Waals surface area contributed by atoms with Crippen LogP contribution >= 0.6 is 0 Å². The van der Waals surface area contributed by atoms with E-state index in [1.807, 2.05) is 0 Å². The first-order chi connectivity index (χ1) is 8.73. The molecular weight excluding hydrogens is 270 g/mol. The van der Waals surface area contributed by atoms with Gasteiger partial charge in [0.25, 0.3) is 0 Å². The molecule has 7 nitrogen and oxygen atoms in total. The Labute approximate surface area is 112 Å². The summed E-state index contributed by atoms with van der Waals surface area (Å²) in [6.45, 7) is 1.72. The summed E-state index contributed by atoms with van der Waals surface area (Å²) in [5.41, 5.74) is 3.88. The topological polar surface area (TPSA) is 122 Å². The van der Waals surface area contributed by atoms with E-state index in [1.54, 1.807) is 6.92 Å². The van der Waals surface area contributed by atoms with E-state index in [0.29, 0.717) is 19.3 Å². The van der Waals surface area contributed by atoms with Crippen molar-refractivity contribution in [2.75, 3.05) is 11.5 Å². The molecule has 0 spiro atoms. The first-order valence-corrected chi connectivity index (χ1v) is 8.06. The van der Waals surface area contributed by atoms with Crippen molar-refractivity contribution in [3.8, 4) is 0 Å². The molecule has 4 N–H and O–H groups in total. The molecule has 1 aliphatic heterocycles. The summed E-state index contributed by atoms with van der Waals surface area (Å²) in [4.78, 5) is 12.3. The van der Waals surface area contributed by atoms with Crippen LogP contribution in [0.15, 0.2) is 5.16 Å². The minimum atomic E-state index is -3.09. The van der Waals surface area contributed by atoms with Crippen LogP contribution in [0.25, 0.3) is 0 Å². The summed E-state index contributed by atoms with van der Waals surface area (Å²) >= 11 is 0. The Bertz CT molecular complexity index is 524. The molecule has 0 aromatic carbocycles. The lowest BCUT2D eigenvalue weighted by molar-refractivity contribution is -0.132. The van der Waals surface area contributed by atoms with Crippen molar-refractivity contribution in [3.63, 3.8) is 0 Å². The monoisotopic (exact) mass is 289 g/mol. The fourth-order valence-electron chi connectivity index (χ4n) is 2.73. The predicted octanol–water partition coefficient (Wildman–Crippen LogP) is -0.404. The van der Waals surface area contributed by atoms with Crippen molar-refractivity contribution >= 4 is 21.6 Å². The maximum atomic E-state index is 12.3. The number of nitrogens with zero attached hydrogens (tertiary/aromatic N) is 1. The van der Waals surface area contributed by atoms with Gasteiger partial charge in [0.2, 0.25) is 5.91 Å². The number of carbonyl (C=O) groups excluding carboxylic acids is 1. The molecule has 1 saturated heterocycles. The molecule has 0 radical (unpaired) electrons. The number of sulfone groups is 1. The second-order valence-electron chi connectivity index (χ2n) is 5.78. The number of hydrogen-bond acceptors (Lipinski definition) is 5. The maximum absolute atomic E-state index is 12.3. The Morgan fingerprint density at radius 3 is 2.37 bits per heavy atom. The zero-order valence-corrected chi connectivity index (χ0v) is 11.7. The van der Waals surface area contributed by atoms with Crippen LogP contribution in [0.4, 0.5) is 0 Å². The van der Waals surface area contributed by atoms with E-state index in [-0.39, 0.29) is 23.2 Å². The Morgan fingerprint density at radius 2 is 2.00 bits per heavy atom. The van der Waals surface area contributed by atoms with E-state index >= 15 is 0 Å². The van der Waals surface area contributed by atoms with E-state index in [1.165, 1.54) is 0 Å². The van der Waals surface area contributed by atoms with E-state index < -0.39 is 20.8 Å². The van der Waals surface area contributed by atoms with E-state index in [9.17, 15) is 13.2 Å². The van der Waals surface area contributed by atoms with Crippen molar-refractivity contribution in [1.82, 2.24) is 5.32 Å². The zero-order valence-electron chi connectivity index (χ0n) is 10.8. The van der Waals surface area contributed by atoms with Gasteiger partial charge in [0.15, 0.2) is 15.7 Å². The van der Waals surface area contributed by atoms with Gasteiger partial charge in [0, 0.05) is 0 Å². The second kappa shape index (κ2) is 4.36. The SMILES string of the molecule is CC1(NC(=O)C2(C(N)=NO)CCC2)CCS(=O)(=O)C1. The summed E-state index contributed by atoms with van der Waals surface area (Å²) in [6, 6.07) is 0. The summed E-state index contributed by atoms with van der Waals surface area (Å²) in [6.07, 6.45) is 2.28. The fraction of sp³-hybridized carbons (Fsp3) is 0.818. The standard InChI is InChI=1S/C11H19N3O4S/c1-10(5-6-19(17,18)7-10)13-9(15)11(3-2-4-11)8(12)14-16/h16H,2-7H2,1H3,(H2,12,14)(H,13,15). The largest absolute Gasteiger partial charge is 0.409 e. The quantitative estimate of drug-likeness (QED) is 0.282. The molecule has 1 unspecified atom stereocenters. The lowest BCUT2D eigenvalue weighted by atomic mass is 9.67. The van der Waals surface area contributed by atoms with Crippen molar-refractivity contribution in [1.29, 1.82) is 0 Å². The van der Waals surface area contributed by atoms with Gasteiger partial charge in [-0.1, -0.05) is 11.6 Å². The highest BCUT2D eigenvalue weighted by molar-refractivity contribution is 7.91. The van der Waals surface area contributed by atoms with Gasteiger partial charge in [0.1, 0.15) is 5.41 Å². The summed E-state index contributed by atoms with van der Waals surface area (Å²) in [5, 5.41) is 14.5. The highest BCUT2D eigenvalue weighted by atomic mass is 32.2. The molecule has 2 fully saturated rings. The van der Waals surface area contributed by atoms with Crippen LogP contribution in [0.1, 0.15) is 32.6 Å². The molecular formula is C11H19N3O4S. The van der Waals surface area contributed by atoms with Gasteiger partial charge in [-0.15, -0.1) is 0 Å². The molecule has 1 amide bonds. The van der Waals surface area contributed by atoms with Crippen LogP contribution in [0.5, 0.6) is 0 Å². The van der Waals surface area contributed by atoms with Crippen molar-refractivity contribution in [2.24, 2.45) is 16.3 Å². The van der Waals surface area contributed by atoms with Crippen molar-refractivity contribution in [2.45, 2.75) is 38.1 Å². The lowest BCUT2D eigenvalue weighted by Gasteiger charge is -2.41. The summed E-state index contributed by atoms with van der Waals surface area (Å²) in [5.74, 6) is -0.410. The Morgan fingerprint density at radius 1 is 1.37 bits per heavy atom. The average Bonchev–Trinajstić information content (AvgIpc) is 2.50. The van der Waals surface area contributed by atoms with Gasteiger partial charge in [-0.25, -0.2) is 8.42 Å². The Balaban J connectivity index is 2.14. The minimum absolute atomic E-state index is 0.0575. The molecule has 0 aromatic rings. The summed E-state index contributed by atoms with van der Waals surface area (Å²) in [7, 11) is -3.09. The number of amidine groups is 1. The Kier molecular flexibility index (Phi) is 3.24. The molecule has 1 aliphatic carbocycles. The third kappa shape index (κ3) is 2.41. The fourth-order valence-corrected chi connectivity index (χ4v) is 4.82. The minimum Gasteiger partial charge on any atom is -0.409 e. The number of hydrogen-bond donors (Lipinski definition) is 3. The zero-order chi connectivity index (χ0) is 14.3. The molecule has 0 bridgehead atoms. The normalized spacial score (nSPS) is 32.6. The van der Waals surface area contributed by atoms with E-state index in [0.717, 1.165) is 6.42 Å². The molecule has 1 atom stereocenters. The number of rotatable bonds is 3. The molecule has 19 heavy (non-hydrogen) atoms. The van der Waals surface area contributed by atoms with Gasteiger partial charge in [-0.2, -0.15) is 0 Å². The molecule has 1 saturated carbocycles. The molecule has 1 heterocycles. The predicted molar refractivity (Wildman–Crippen MR) is 69.5 cm³/mol. The van der Waals surface area contributed by atoms with Gasteiger partial charge in [-0.3, -0.25) is 4.79 Å². The van der Waals surface area contributed by atoms with Gasteiger partial charge < -0.3 is 16.3 Å². The number of oxime groups is 1. The number of amides is 1. The molecule has 2 rings (SSSR count). The van der Waals surface area contributed by atoms with Crippen LogP contribution in [0.2, 0.25) is 0 Å². The van der Waals surface area contributed by atoms with Crippen LogP contribution in [0, 0.1) is 5.41 Å². The number of nitrogens with one attached hydrogen (secondary N) is 1. The van der Waals surface area contributed by atoms with Crippen LogP contribution in [-0.4, -0.2) is 42.4 Å². The first-order valence-electron chi connectivity index (χ1n) is 6.24. The average molecular weight is 289 g/mol. The first kappa shape index (κ1) is 14.1. The van der Waals surface area contributed by atoms with Gasteiger partial charge >= 0.3 is 0 Å². The lowest BCUT2D eigenvalue weighted by Crippen LogP contribution is -2.59. The maximum Gasteiger partial charge on any atom is 0.234 e. The van der Waals surface area contributed by atoms with Crippen molar-refractivity contribution in [3.05, 3.63) is 0 Å². The number of carbonyl (C=O) groups is 1. The van der Waals surface area contributed by atoms with Crippen LogP contribution in [0.3, 0.4) is 0 Å². The van der Waals surface area contributed by atoms with E-state index in [4.69, 9.17) is 10.9 Å². The number of nitrogens with two attached hydrogens (primary N) is 1. The third-order valence-electron chi connectivity index (χ3n) is 4.16. The smallest absolute Gasteiger partial charge is 0.234 e. The van der Waals surface area contributed by atoms with E-state index in [2.05, 4.69) is 10.5 Å². The highest BCUT2D eigenvalue weighted by Gasteiger charge is 2.51. The molecule has 0 aromatic heterocycles. The molecule has 8 heteroatoms. The summed E-state index contributed by atoms with van der Waals surface area (Å²) < 4.78 is 23.0. The highest BCUT2D eigenvalue weighted by Crippen LogP contribution is 2.42. The molecule has 2 aliphatic rings. The third-order valence-corrected chi connectivity index (χ3v) is 6.06. The Hall–Kier alpha value is -1.31. The van der Waals surface area contributed by atoms with Crippen LogP contribution < -0.4 is 11.1 Å². The van der Waals surface area contributed by atoms with Crippen LogP contribution in [-0.2, 0) is 14.6 Å². The van der Waals surface area contributed by atoms with Gasteiger partial charge in [-0.05, 0) is 26.2 Å². The van der Waals surface area contributed by atoms with Crippen molar-refractivity contribution < 1.29 is 18.4 Å². The molecule has 108 valence electrons. The van der Waals surface area contributed by atoms with Gasteiger partial charge in [0.05, 0.1) is 17.0 Å². The second-order valence-corrected chi connectivity index (χ2v) is 7.96.